The number of Topliss-reactive ketones (excluding diaryl/α,β-unsaturated/α-hetero) is 1. The molecule has 4 nitrogen and oxygen atoms in total. The van der Waals surface area contributed by atoms with Crippen molar-refractivity contribution in [3.05, 3.63) is 58.1 Å². The SMILES string of the molecule is CCCOc1ccc(C(=O)Oc2ccccc2C(C)=O)cc1Br. The quantitative estimate of drug-likeness (QED) is 0.417. The second-order valence-corrected chi connectivity index (χ2v) is 5.79. The lowest BCUT2D eigenvalue weighted by Crippen LogP contribution is -2.11. The van der Waals surface area contributed by atoms with Gasteiger partial charge in [-0.2, -0.15) is 0 Å². The third-order valence-corrected chi connectivity index (χ3v) is 3.72. The zero-order valence-electron chi connectivity index (χ0n) is 13.0. The molecule has 5 heteroatoms. The van der Waals surface area contributed by atoms with Crippen LogP contribution < -0.4 is 9.47 Å². The zero-order valence-corrected chi connectivity index (χ0v) is 14.6. The van der Waals surface area contributed by atoms with Gasteiger partial charge < -0.3 is 9.47 Å². The highest BCUT2D eigenvalue weighted by molar-refractivity contribution is 9.10. The monoisotopic (exact) mass is 376 g/mol. The molecule has 2 aromatic carbocycles. The molecule has 0 unspecified atom stereocenters. The Labute approximate surface area is 143 Å². The molecule has 23 heavy (non-hydrogen) atoms. The second kappa shape index (κ2) is 7.92. The van der Waals surface area contributed by atoms with Crippen LogP contribution in [0.25, 0.3) is 0 Å². The lowest BCUT2D eigenvalue weighted by molar-refractivity contribution is 0.0732. The van der Waals surface area contributed by atoms with Crippen molar-refractivity contribution < 1.29 is 19.1 Å². The number of hydrogen-bond donors (Lipinski definition) is 0. The normalized spacial score (nSPS) is 10.2. The summed E-state index contributed by atoms with van der Waals surface area (Å²) < 4.78 is 11.6. The highest BCUT2D eigenvalue weighted by Gasteiger charge is 2.15. The van der Waals surface area contributed by atoms with Gasteiger partial charge in [0.2, 0.25) is 0 Å². The van der Waals surface area contributed by atoms with Crippen molar-refractivity contribution in [3.63, 3.8) is 0 Å². The number of esters is 1. The number of rotatable bonds is 6. The molecule has 0 spiro atoms. The molecule has 2 aromatic rings. The maximum absolute atomic E-state index is 12.3. The number of benzene rings is 2. The minimum Gasteiger partial charge on any atom is -0.492 e. The van der Waals surface area contributed by atoms with Crippen LogP contribution in [-0.2, 0) is 0 Å². The van der Waals surface area contributed by atoms with Gasteiger partial charge >= 0.3 is 5.97 Å². The van der Waals surface area contributed by atoms with E-state index in [0.717, 1.165) is 6.42 Å². The van der Waals surface area contributed by atoms with E-state index in [1.54, 1.807) is 42.5 Å². The molecule has 120 valence electrons. The number of carbonyl (C=O) groups excluding carboxylic acids is 2. The topological polar surface area (TPSA) is 52.6 Å². The first-order valence-electron chi connectivity index (χ1n) is 7.27. The highest BCUT2D eigenvalue weighted by Crippen LogP contribution is 2.27. The molecule has 0 aliphatic rings. The summed E-state index contributed by atoms with van der Waals surface area (Å²) in [6.07, 6.45) is 0.901. The third kappa shape index (κ3) is 4.42. The van der Waals surface area contributed by atoms with Gasteiger partial charge in [0.1, 0.15) is 11.5 Å². The van der Waals surface area contributed by atoms with Crippen molar-refractivity contribution >= 4 is 27.7 Å². The van der Waals surface area contributed by atoms with E-state index in [0.29, 0.717) is 28.0 Å². The summed E-state index contributed by atoms with van der Waals surface area (Å²) in [7, 11) is 0. The van der Waals surface area contributed by atoms with Crippen molar-refractivity contribution in [2.45, 2.75) is 20.3 Å². The molecule has 0 bridgehead atoms. The number of ether oxygens (including phenoxy) is 2. The average molecular weight is 377 g/mol. The lowest BCUT2D eigenvalue weighted by Gasteiger charge is -2.10. The number of halogens is 1. The van der Waals surface area contributed by atoms with Gasteiger partial charge in [0, 0.05) is 0 Å². The van der Waals surface area contributed by atoms with E-state index in [2.05, 4.69) is 15.9 Å². The van der Waals surface area contributed by atoms with Gasteiger partial charge in [0.25, 0.3) is 0 Å². The molecule has 2 rings (SSSR count). The molecular formula is C18H17BrO4. The molecule has 0 heterocycles. The lowest BCUT2D eigenvalue weighted by atomic mass is 10.1. The van der Waals surface area contributed by atoms with Gasteiger partial charge in [-0.15, -0.1) is 0 Å². The summed E-state index contributed by atoms with van der Waals surface area (Å²) >= 11 is 3.38. The minimum absolute atomic E-state index is 0.155. The Hall–Kier alpha value is -2.14. The molecule has 0 aliphatic heterocycles. The molecule has 0 amide bonds. The smallest absolute Gasteiger partial charge is 0.343 e. The van der Waals surface area contributed by atoms with Crippen molar-refractivity contribution in [3.8, 4) is 11.5 Å². The van der Waals surface area contributed by atoms with E-state index >= 15 is 0 Å². The molecule has 0 N–H and O–H groups in total. The third-order valence-electron chi connectivity index (χ3n) is 3.10. The molecule has 0 aliphatic carbocycles. The number of carbonyl (C=O) groups is 2. The van der Waals surface area contributed by atoms with Gasteiger partial charge in [0.05, 0.1) is 22.2 Å². The van der Waals surface area contributed by atoms with Crippen LogP contribution in [0.15, 0.2) is 46.9 Å². The van der Waals surface area contributed by atoms with E-state index in [1.165, 1.54) is 6.92 Å². The first-order valence-corrected chi connectivity index (χ1v) is 8.06. The van der Waals surface area contributed by atoms with Crippen LogP contribution in [0.5, 0.6) is 11.5 Å². The van der Waals surface area contributed by atoms with Crippen LogP contribution >= 0.6 is 15.9 Å². The summed E-state index contributed by atoms with van der Waals surface area (Å²) in [5.41, 5.74) is 0.752. The Balaban J connectivity index is 2.18. The molecule has 0 radical (unpaired) electrons. The molecule has 0 saturated carbocycles. The van der Waals surface area contributed by atoms with Gasteiger partial charge in [0.15, 0.2) is 5.78 Å². The predicted octanol–water partition coefficient (Wildman–Crippen LogP) is 4.66. The Morgan fingerprint density at radius 2 is 1.83 bits per heavy atom. The van der Waals surface area contributed by atoms with E-state index in [1.807, 2.05) is 6.92 Å². The summed E-state index contributed by atoms with van der Waals surface area (Å²) in [5, 5.41) is 0. The van der Waals surface area contributed by atoms with Crippen LogP contribution in [0.4, 0.5) is 0 Å². The summed E-state index contributed by atoms with van der Waals surface area (Å²) in [6.45, 7) is 4.06. The summed E-state index contributed by atoms with van der Waals surface area (Å²) in [6, 6.07) is 11.7. The molecule has 0 saturated heterocycles. The Kier molecular flexibility index (Phi) is 5.93. The zero-order chi connectivity index (χ0) is 16.8. The van der Waals surface area contributed by atoms with E-state index in [4.69, 9.17) is 9.47 Å². The van der Waals surface area contributed by atoms with Gasteiger partial charge in [-0.3, -0.25) is 4.79 Å². The molecule has 0 fully saturated rings. The maximum Gasteiger partial charge on any atom is 0.343 e. The fraction of sp³-hybridized carbons (Fsp3) is 0.222. The minimum atomic E-state index is -0.526. The van der Waals surface area contributed by atoms with Crippen molar-refractivity contribution in [2.24, 2.45) is 0 Å². The van der Waals surface area contributed by atoms with Gasteiger partial charge in [-0.05, 0) is 59.6 Å². The first-order chi connectivity index (χ1) is 11.0. The molecule has 0 atom stereocenters. The Morgan fingerprint density at radius 3 is 2.48 bits per heavy atom. The largest absolute Gasteiger partial charge is 0.492 e. The predicted molar refractivity (Wildman–Crippen MR) is 91.3 cm³/mol. The van der Waals surface area contributed by atoms with Crippen LogP contribution in [-0.4, -0.2) is 18.4 Å². The van der Waals surface area contributed by atoms with E-state index < -0.39 is 5.97 Å². The Bertz CT molecular complexity index is 725. The fourth-order valence-electron chi connectivity index (χ4n) is 1.96. The Morgan fingerprint density at radius 1 is 1.09 bits per heavy atom. The van der Waals surface area contributed by atoms with Crippen LogP contribution in [0.1, 0.15) is 41.0 Å². The second-order valence-electron chi connectivity index (χ2n) is 4.94. The number of para-hydroxylation sites is 1. The summed E-state index contributed by atoms with van der Waals surface area (Å²) in [4.78, 5) is 23.8. The van der Waals surface area contributed by atoms with Gasteiger partial charge in [-0.25, -0.2) is 4.79 Å². The van der Waals surface area contributed by atoms with Crippen molar-refractivity contribution in [1.82, 2.24) is 0 Å². The maximum atomic E-state index is 12.3. The van der Waals surface area contributed by atoms with Crippen LogP contribution in [0, 0.1) is 0 Å². The summed E-state index contributed by atoms with van der Waals surface area (Å²) in [5.74, 6) is 0.249. The number of hydrogen-bond acceptors (Lipinski definition) is 4. The van der Waals surface area contributed by atoms with Crippen LogP contribution in [0.3, 0.4) is 0 Å². The standard InChI is InChI=1S/C18H17BrO4/c1-3-10-22-17-9-8-13(11-15(17)19)18(21)23-16-7-5-4-6-14(16)12(2)20/h4-9,11H,3,10H2,1-2H3. The fourth-order valence-corrected chi connectivity index (χ4v) is 2.46. The molecule has 0 aromatic heterocycles. The van der Waals surface area contributed by atoms with Crippen molar-refractivity contribution in [2.75, 3.05) is 6.61 Å². The van der Waals surface area contributed by atoms with Crippen molar-refractivity contribution in [1.29, 1.82) is 0 Å². The highest BCUT2D eigenvalue weighted by atomic mass is 79.9. The van der Waals surface area contributed by atoms with E-state index in [-0.39, 0.29) is 11.5 Å². The van der Waals surface area contributed by atoms with Crippen LogP contribution in [0.2, 0.25) is 0 Å². The van der Waals surface area contributed by atoms with E-state index in [9.17, 15) is 9.59 Å². The molecular weight excluding hydrogens is 360 g/mol. The number of ketones is 1. The first kappa shape index (κ1) is 17.2. The average Bonchev–Trinajstić information content (AvgIpc) is 2.54. The van der Waals surface area contributed by atoms with Gasteiger partial charge in [-0.1, -0.05) is 19.1 Å².